The molecule has 27 heavy (non-hydrogen) atoms. The number of hydrogen-bond acceptors (Lipinski definition) is 5. The Morgan fingerprint density at radius 1 is 1.00 bits per heavy atom. The van der Waals surface area contributed by atoms with E-state index in [-0.39, 0.29) is 30.2 Å². The Morgan fingerprint density at radius 2 is 1.67 bits per heavy atom. The highest BCUT2D eigenvalue weighted by atomic mass is 16.5. The van der Waals surface area contributed by atoms with Gasteiger partial charge in [0, 0.05) is 18.5 Å². The van der Waals surface area contributed by atoms with Gasteiger partial charge in [0.05, 0.1) is 11.3 Å². The lowest BCUT2D eigenvalue weighted by atomic mass is 10.2. The van der Waals surface area contributed by atoms with Crippen LogP contribution < -0.4 is 10.2 Å². The van der Waals surface area contributed by atoms with Gasteiger partial charge in [0.2, 0.25) is 11.8 Å². The van der Waals surface area contributed by atoms with E-state index in [4.69, 9.17) is 4.74 Å². The van der Waals surface area contributed by atoms with Crippen molar-refractivity contribution >= 4 is 35.1 Å². The molecule has 2 aromatic carbocycles. The molecule has 0 aromatic heterocycles. The highest BCUT2D eigenvalue weighted by molar-refractivity contribution is 6.20. The molecule has 1 atom stereocenters. The normalized spacial score (nSPS) is 14.8. The Hall–Kier alpha value is -3.48. The summed E-state index contributed by atoms with van der Waals surface area (Å²) >= 11 is 0. The average molecular weight is 366 g/mol. The third-order valence-corrected chi connectivity index (χ3v) is 4.09. The number of para-hydroxylation sites is 1. The molecular weight excluding hydrogens is 348 g/mol. The first kappa shape index (κ1) is 18.3. The molecule has 3 rings (SSSR count). The average Bonchev–Trinajstić information content (AvgIpc) is 3.01. The SMILES string of the molecule is C[C@H](OC(=O)c1cccc(N2C(=O)CCC2=O)c1)C(=O)Nc1ccccc1. The Balaban J connectivity index is 1.67. The molecule has 0 unspecified atom stereocenters. The molecule has 2 aromatic rings. The quantitative estimate of drug-likeness (QED) is 0.648. The van der Waals surface area contributed by atoms with Crippen LogP contribution in [0, 0.1) is 0 Å². The van der Waals surface area contributed by atoms with E-state index < -0.39 is 18.0 Å². The first-order chi connectivity index (χ1) is 13.0. The Kier molecular flexibility index (Phi) is 5.30. The molecule has 7 nitrogen and oxygen atoms in total. The summed E-state index contributed by atoms with van der Waals surface area (Å²) in [7, 11) is 0. The van der Waals surface area contributed by atoms with Crippen molar-refractivity contribution in [1.82, 2.24) is 0 Å². The third-order valence-electron chi connectivity index (χ3n) is 4.09. The predicted molar refractivity (Wildman–Crippen MR) is 98.1 cm³/mol. The largest absolute Gasteiger partial charge is 0.449 e. The van der Waals surface area contributed by atoms with Crippen molar-refractivity contribution in [3.63, 3.8) is 0 Å². The van der Waals surface area contributed by atoms with Gasteiger partial charge in [-0.15, -0.1) is 0 Å². The van der Waals surface area contributed by atoms with Crippen LogP contribution in [0.5, 0.6) is 0 Å². The number of benzene rings is 2. The lowest BCUT2D eigenvalue weighted by molar-refractivity contribution is -0.124. The number of amides is 3. The Labute approximate surface area is 155 Å². The summed E-state index contributed by atoms with van der Waals surface area (Å²) < 4.78 is 5.20. The molecule has 7 heteroatoms. The number of nitrogens with one attached hydrogen (secondary N) is 1. The number of nitrogens with zero attached hydrogens (tertiary/aromatic N) is 1. The van der Waals surface area contributed by atoms with Crippen molar-refractivity contribution in [3.05, 3.63) is 60.2 Å². The number of esters is 1. The van der Waals surface area contributed by atoms with E-state index in [1.165, 1.54) is 19.1 Å². The molecule has 0 spiro atoms. The van der Waals surface area contributed by atoms with E-state index in [0.29, 0.717) is 11.4 Å². The topological polar surface area (TPSA) is 92.8 Å². The van der Waals surface area contributed by atoms with Gasteiger partial charge in [0.15, 0.2) is 6.10 Å². The number of hydrogen-bond donors (Lipinski definition) is 1. The van der Waals surface area contributed by atoms with Gasteiger partial charge in [-0.1, -0.05) is 24.3 Å². The standard InChI is InChI=1S/C20H18N2O5/c1-13(19(25)21-15-7-3-2-4-8-15)27-20(26)14-6-5-9-16(12-14)22-17(23)10-11-18(22)24/h2-9,12-13H,10-11H2,1H3,(H,21,25)/t13-/m0/s1. The van der Waals surface area contributed by atoms with E-state index in [1.54, 1.807) is 36.4 Å². The summed E-state index contributed by atoms with van der Waals surface area (Å²) in [6.07, 6.45) is -0.703. The lowest BCUT2D eigenvalue weighted by Gasteiger charge is -2.16. The van der Waals surface area contributed by atoms with Crippen LogP contribution in [0.25, 0.3) is 0 Å². The highest BCUT2D eigenvalue weighted by Gasteiger charge is 2.30. The van der Waals surface area contributed by atoms with Crippen LogP contribution >= 0.6 is 0 Å². The zero-order valence-corrected chi connectivity index (χ0v) is 14.7. The van der Waals surface area contributed by atoms with Gasteiger partial charge in [-0.3, -0.25) is 19.3 Å². The molecular formula is C20H18N2O5. The number of carbonyl (C=O) groups is 4. The molecule has 1 N–H and O–H groups in total. The van der Waals surface area contributed by atoms with Gasteiger partial charge in [-0.2, -0.15) is 0 Å². The van der Waals surface area contributed by atoms with Gasteiger partial charge < -0.3 is 10.1 Å². The van der Waals surface area contributed by atoms with Gasteiger partial charge >= 0.3 is 5.97 Å². The van der Waals surface area contributed by atoms with Crippen LogP contribution in [0.3, 0.4) is 0 Å². The van der Waals surface area contributed by atoms with Crippen LogP contribution in [0.2, 0.25) is 0 Å². The van der Waals surface area contributed by atoms with Crippen molar-refractivity contribution in [1.29, 1.82) is 0 Å². The zero-order chi connectivity index (χ0) is 19.4. The molecule has 1 heterocycles. The number of ether oxygens (including phenoxy) is 1. The van der Waals surface area contributed by atoms with Crippen LogP contribution in [0.1, 0.15) is 30.1 Å². The van der Waals surface area contributed by atoms with Crippen molar-refractivity contribution < 1.29 is 23.9 Å². The predicted octanol–water partition coefficient (Wildman–Crippen LogP) is 2.52. The van der Waals surface area contributed by atoms with Crippen molar-refractivity contribution in [2.45, 2.75) is 25.9 Å². The maximum absolute atomic E-state index is 12.4. The summed E-state index contributed by atoms with van der Waals surface area (Å²) in [5.74, 6) is -1.79. The zero-order valence-electron chi connectivity index (χ0n) is 14.7. The first-order valence-electron chi connectivity index (χ1n) is 8.48. The fraction of sp³-hybridized carbons (Fsp3) is 0.200. The monoisotopic (exact) mass is 366 g/mol. The van der Waals surface area contributed by atoms with Crippen LogP contribution in [-0.4, -0.2) is 29.8 Å². The first-order valence-corrected chi connectivity index (χ1v) is 8.48. The highest BCUT2D eigenvalue weighted by Crippen LogP contribution is 2.23. The minimum Gasteiger partial charge on any atom is -0.449 e. The summed E-state index contributed by atoms with van der Waals surface area (Å²) in [6, 6.07) is 14.9. The molecule has 1 aliphatic heterocycles. The second-order valence-corrected chi connectivity index (χ2v) is 6.08. The smallest absolute Gasteiger partial charge is 0.338 e. The van der Waals surface area contributed by atoms with E-state index in [1.807, 2.05) is 6.07 Å². The number of imide groups is 1. The van der Waals surface area contributed by atoms with E-state index in [0.717, 1.165) is 4.90 Å². The molecule has 138 valence electrons. The van der Waals surface area contributed by atoms with Crippen LogP contribution in [-0.2, 0) is 19.1 Å². The third kappa shape index (κ3) is 4.20. The summed E-state index contributed by atoms with van der Waals surface area (Å²) in [4.78, 5) is 49.3. The van der Waals surface area contributed by atoms with Gasteiger partial charge in [0.25, 0.3) is 5.91 Å². The number of rotatable bonds is 5. The molecule has 0 aliphatic carbocycles. The number of carbonyl (C=O) groups excluding carboxylic acids is 4. The summed E-state index contributed by atoms with van der Waals surface area (Å²) in [6.45, 7) is 1.47. The lowest BCUT2D eigenvalue weighted by Crippen LogP contribution is -2.30. The molecule has 1 aliphatic rings. The fourth-order valence-corrected chi connectivity index (χ4v) is 2.68. The molecule has 0 saturated carbocycles. The molecule has 0 bridgehead atoms. The van der Waals surface area contributed by atoms with Crippen molar-refractivity contribution in [2.75, 3.05) is 10.2 Å². The van der Waals surface area contributed by atoms with Crippen LogP contribution in [0.4, 0.5) is 11.4 Å². The molecule has 1 saturated heterocycles. The van der Waals surface area contributed by atoms with E-state index in [9.17, 15) is 19.2 Å². The summed E-state index contributed by atoms with van der Waals surface area (Å²) in [5.41, 5.74) is 1.07. The number of anilines is 2. The van der Waals surface area contributed by atoms with Crippen LogP contribution in [0.15, 0.2) is 54.6 Å². The maximum Gasteiger partial charge on any atom is 0.338 e. The second kappa shape index (κ2) is 7.82. The molecule has 0 radical (unpaired) electrons. The Morgan fingerprint density at radius 3 is 2.33 bits per heavy atom. The fourth-order valence-electron chi connectivity index (χ4n) is 2.68. The maximum atomic E-state index is 12.4. The van der Waals surface area contributed by atoms with E-state index in [2.05, 4.69) is 5.32 Å². The van der Waals surface area contributed by atoms with Crippen molar-refractivity contribution in [3.8, 4) is 0 Å². The minimum atomic E-state index is -1.02. The second-order valence-electron chi connectivity index (χ2n) is 6.08. The molecule has 3 amide bonds. The summed E-state index contributed by atoms with van der Waals surface area (Å²) in [5, 5.41) is 2.65. The Bertz CT molecular complexity index is 878. The molecule has 1 fully saturated rings. The van der Waals surface area contributed by atoms with Gasteiger partial charge in [-0.05, 0) is 37.3 Å². The van der Waals surface area contributed by atoms with Gasteiger partial charge in [-0.25, -0.2) is 4.79 Å². The minimum absolute atomic E-state index is 0.152. The van der Waals surface area contributed by atoms with E-state index >= 15 is 0 Å². The van der Waals surface area contributed by atoms with Gasteiger partial charge in [0.1, 0.15) is 0 Å². The van der Waals surface area contributed by atoms with Crippen molar-refractivity contribution in [2.24, 2.45) is 0 Å².